The van der Waals surface area contributed by atoms with Gasteiger partial charge in [0.25, 0.3) is 0 Å². The Morgan fingerprint density at radius 2 is 1.76 bits per heavy atom. The lowest BCUT2D eigenvalue weighted by Gasteiger charge is -2.12. The number of carbonyl (C=O) groups excluding carboxylic acids is 2. The summed E-state index contributed by atoms with van der Waals surface area (Å²) >= 11 is 0. The zero-order valence-corrected chi connectivity index (χ0v) is 24.5. The lowest BCUT2D eigenvalue weighted by Crippen LogP contribution is -2.17. The van der Waals surface area contributed by atoms with Crippen molar-refractivity contribution in [2.45, 2.75) is 59.5 Å². The van der Waals surface area contributed by atoms with Gasteiger partial charge in [-0.15, -0.1) is 0 Å². The molecule has 0 unspecified atom stereocenters. The van der Waals surface area contributed by atoms with Crippen molar-refractivity contribution in [1.29, 1.82) is 0 Å². The Morgan fingerprint density at radius 3 is 2.50 bits per heavy atom. The predicted octanol–water partition coefficient (Wildman–Crippen LogP) is 6.32. The van der Waals surface area contributed by atoms with Crippen LogP contribution in [0.25, 0.3) is 33.4 Å². The highest BCUT2D eigenvalue weighted by Gasteiger charge is 2.17. The Balaban J connectivity index is 1.46. The van der Waals surface area contributed by atoms with Crippen LogP contribution in [0.2, 0.25) is 0 Å². The van der Waals surface area contributed by atoms with Gasteiger partial charge in [0.1, 0.15) is 12.4 Å². The second kappa shape index (κ2) is 12.9. The third-order valence-corrected chi connectivity index (χ3v) is 7.35. The standard InChI is InChI=1S/C34H37N5O3/c1-4-6-16-42-34(41)28-11-8-7-10-27(28)25-14-12-24(13-15-25)19-39-30-18-26(29-20-38(22-36-29)21-31(35)40)17-23(3)33(30)37-32(39)9-5-2/h7-8,10-15,17-18,20,22H,4-6,9,16,19,21H2,1-3H3,(H2,35,40). The third kappa shape index (κ3) is 6.28. The van der Waals surface area contributed by atoms with Gasteiger partial charge < -0.3 is 19.6 Å². The molecular weight excluding hydrogens is 526 g/mol. The topological polar surface area (TPSA) is 105 Å². The molecule has 5 aromatic rings. The molecule has 0 saturated heterocycles. The number of amides is 1. The molecule has 2 heterocycles. The zero-order chi connectivity index (χ0) is 29.6. The van der Waals surface area contributed by atoms with E-state index >= 15 is 0 Å². The summed E-state index contributed by atoms with van der Waals surface area (Å²) in [6.45, 7) is 7.48. The summed E-state index contributed by atoms with van der Waals surface area (Å²) in [5.41, 5.74) is 13.7. The van der Waals surface area contributed by atoms with Crippen molar-refractivity contribution in [3.8, 4) is 22.4 Å². The van der Waals surface area contributed by atoms with E-state index in [1.54, 1.807) is 10.9 Å². The number of benzene rings is 3. The number of primary amides is 1. The van der Waals surface area contributed by atoms with Gasteiger partial charge in [-0.2, -0.15) is 0 Å². The van der Waals surface area contributed by atoms with Gasteiger partial charge in [0, 0.05) is 24.7 Å². The monoisotopic (exact) mass is 563 g/mol. The number of unbranched alkanes of at least 4 members (excludes halogenated alkanes) is 1. The molecule has 0 aliphatic heterocycles. The van der Waals surface area contributed by atoms with Gasteiger partial charge in [-0.05, 0) is 60.2 Å². The first-order valence-electron chi connectivity index (χ1n) is 14.5. The van der Waals surface area contributed by atoms with E-state index in [-0.39, 0.29) is 12.5 Å². The van der Waals surface area contributed by atoms with E-state index in [1.807, 2.05) is 30.5 Å². The van der Waals surface area contributed by atoms with Gasteiger partial charge in [-0.1, -0.05) is 62.7 Å². The van der Waals surface area contributed by atoms with Crippen LogP contribution in [0.5, 0.6) is 0 Å². The fourth-order valence-electron chi connectivity index (χ4n) is 5.23. The molecule has 0 radical (unpaired) electrons. The van der Waals surface area contributed by atoms with Crippen LogP contribution in [0.1, 0.15) is 60.4 Å². The van der Waals surface area contributed by atoms with Gasteiger partial charge in [0.05, 0.1) is 35.2 Å². The molecular formula is C34H37N5O3. The SMILES string of the molecule is CCCCOC(=O)c1ccccc1-c1ccc(Cn2c(CCC)nc3c(C)cc(-c4cn(CC(N)=O)cn4)cc32)cc1. The van der Waals surface area contributed by atoms with Crippen LogP contribution >= 0.6 is 0 Å². The fourth-order valence-corrected chi connectivity index (χ4v) is 5.23. The zero-order valence-electron chi connectivity index (χ0n) is 24.5. The summed E-state index contributed by atoms with van der Waals surface area (Å²) in [5.74, 6) is 0.341. The van der Waals surface area contributed by atoms with E-state index in [9.17, 15) is 9.59 Å². The van der Waals surface area contributed by atoms with Crippen LogP contribution < -0.4 is 5.73 Å². The quantitative estimate of drug-likeness (QED) is 0.141. The minimum absolute atomic E-state index is 0.0906. The Bertz CT molecular complexity index is 1720. The predicted molar refractivity (Wildman–Crippen MR) is 165 cm³/mol. The first-order valence-corrected chi connectivity index (χ1v) is 14.5. The van der Waals surface area contributed by atoms with E-state index in [2.05, 4.69) is 66.7 Å². The maximum absolute atomic E-state index is 12.8. The van der Waals surface area contributed by atoms with Crippen LogP contribution in [0, 0.1) is 6.92 Å². The van der Waals surface area contributed by atoms with Crippen LogP contribution in [0.15, 0.2) is 73.2 Å². The number of carbonyl (C=O) groups is 2. The molecule has 2 N–H and O–H groups in total. The smallest absolute Gasteiger partial charge is 0.338 e. The van der Waals surface area contributed by atoms with E-state index in [0.29, 0.717) is 18.7 Å². The number of rotatable bonds is 12. The molecule has 2 aromatic heterocycles. The van der Waals surface area contributed by atoms with Crippen LogP contribution in [0.3, 0.4) is 0 Å². The first-order chi connectivity index (χ1) is 20.4. The number of imidazole rings is 2. The van der Waals surface area contributed by atoms with Crippen molar-refractivity contribution in [2.24, 2.45) is 5.73 Å². The maximum atomic E-state index is 12.8. The van der Waals surface area contributed by atoms with E-state index in [4.69, 9.17) is 15.5 Å². The number of nitrogens with zero attached hydrogens (tertiary/aromatic N) is 4. The summed E-state index contributed by atoms with van der Waals surface area (Å²) in [5, 5.41) is 0. The minimum Gasteiger partial charge on any atom is -0.462 e. The summed E-state index contributed by atoms with van der Waals surface area (Å²) < 4.78 is 9.47. The second-order valence-electron chi connectivity index (χ2n) is 10.7. The highest BCUT2D eigenvalue weighted by Crippen LogP contribution is 2.30. The van der Waals surface area contributed by atoms with Gasteiger partial charge >= 0.3 is 5.97 Å². The molecule has 0 fully saturated rings. The van der Waals surface area contributed by atoms with E-state index in [0.717, 1.165) is 76.1 Å². The molecule has 0 atom stereocenters. The van der Waals surface area contributed by atoms with Crippen molar-refractivity contribution >= 4 is 22.9 Å². The highest BCUT2D eigenvalue weighted by atomic mass is 16.5. The van der Waals surface area contributed by atoms with Crippen LogP contribution in [-0.2, 0) is 29.0 Å². The average Bonchev–Trinajstić information content (AvgIpc) is 3.58. The molecule has 0 spiro atoms. The molecule has 0 saturated carbocycles. The van der Waals surface area contributed by atoms with Crippen molar-refractivity contribution < 1.29 is 14.3 Å². The lowest BCUT2D eigenvalue weighted by atomic mass is 9.98. The fraction of sp³-hybridized carbons (Fsp3) is 0.294. The average molecular weight is 564 g/mol. The Kier molecular flexibility index (Phi) is 8.81. The largest absolute Gasteiger partial charge is 0.462 e. The third-order valence-electron chi connectivity index (χ3n) is 7.35. The Labute approximate surface area is 246 Å². The lowest BCUT2D eigenvalue weighted by molar-refractivity contribution is -0.118. The highest BCUT2D eigenvalue weighted by molar-refractivity contribution is 5.97. The number of fused-ring (bicyclic) bond motifs is 1. The molecule has 8 heteroatoms. The molecule has 0 bridgehead atoms. The summed E-state index contributed by atoms with van der Waals surface area (Å²) in [7, 11) is 0. The second-order valence-corrected chi connectivity index (χ2v) is 10.7. The number of ether oxygens (including phenoxy) is 1. The number of aromatic nitrogens is 4. The van der Waals surface area contributed by atoms with Crippen molar-refractivity contribution in [1.82, 2.24) is 19.1 Å². The van der Waals surface area contributed by atoms with Gasteiger partial charge in [-0.3, -0.25) is 4.79 Å². The van der Waals surface area contributed by atoms with Crippen molar-refractivity contribution in [2.75, 3.05) is 6.61 Å². The molecule has 8 nitrogen and oxygen atoms in total. The van der Waals surface area contributed by atoms with Crippen molar-refractivity contribution in [3.63, 3.8) is 0 Å². The van der Waals surface area contributed by atoms with Gasteiger partial charge in [0.15, 0.2) is 0 Å². The van der Waals surface area contributed by atoms with Gasteiger partial charge in [-0.25, -0.2) is 14.8 Å². The minimum atomic E-state index is -0.408. The number of esters is 1. The summed E-state index contributed by atoms with van der Waals surface area (Å²) in [6, 6.07) is 20.2. The maximum Gasteiger partial charge on any atom is 0.338 e. The number of nitrogens with two attached hydrogens (primary N) is 1. The van der Waals surface area contributed by atoms with Crippen molar-refractivity contribution in [3.05, 3.63) is 95.7 Å². The van der Waals surface area contributed by atoms with E-state index < -0.39 is 5.91 Å². The summed E-state index contributed by atoms with van der Waals surface area (Å²) in [6.07, 6.45) is 7.15. The number of hydrogen-bond acceptors (Lipinski definition) is 5. The Morgan fingerprint density at radius 1 is 0.976 bits per heavy atom. The molecule has 42 heavy (non-hydrogen) atoms. The molecule has 3 aromatic carbocycles. The molecule has 1 amide bonds. The molecule has 0 aliphatic carbocycles. The number of hydrogen-bond donors (Lipinski definition) is 1. The molecule has 0 aliphatic rings. The van der Waals surface area contributed by atoms with Crippen LogP contribution in [-0.4, -0.2) is 37.6 Å². The number of aryl methyl sites for hydroxylation is 2. The van der Waals surface area contributed by atoms with Crippen LogP contribution in [0.4, 0.5) is 0 Å². The Hall–Kier alpha value is -4.72. The van der Waals surface area contributed by atoms with Gasteiger partial charge in [0.2, 0.25) is 5.91 Å². The summed E-state index contributed by atoms with van der Waals surface area (Å²) in [4.78, 5) is 33.7. The molecule has 5 rings (SSSR count). The first kappa shape index (κ1) is 28.8. The molecule has 216 valence electrons. The normalized spacial score (nSPS) is 11.2. The van der Waals surface area contributed by atoms with E-state index in [1.165, 1.54) is 0 Å².